The van der Waals surface area contributed by atoms with Crippen LogP contribution in [0.3, 0.4) is 0 Å². The largest absolute Gasteiger partial charge is 0.327 e. The number of hydrogen-bond donors (Lipinski definition) is 1. The number of nitrogens with zero attached hydrogens (tertiary/aromatic N) is 1. The minimum absolute atomic E-state index is 0.157. The Morgan fingerprint density at radius 2 is 2.33 bits per heavy atom. The number of rotatable bonds is 2. The molecule has 0 saturated heterocycles. The molecular formula is C12H14N2O. The van der Waals surface area contributed by atoms with E-state index in [0.717, 1.165) is 16.8 Å². The zero-order valence-corrected chi connectivity index (χ0v) is 8.73. The third kappa shape index (κ3) is 1.78. The number of anilines is 1. The van der Waals surface area contributed by atoms with Crippen LogP contribution in [0, 0.1) is 0 Å². The molecule has 0 saturated carbocycles. The summed E-state index contributed by atoms with van der Waals surface area (Å²) in [6.07, 6.45) is 4.39. The van der Waals surface area contributed by atoms with Gasteiger partial charge in [-0.3, -0.25) is 4.79 Å². The summed E-state index contributed by atoms with van der Waals surface area (Å²) in [4.78, 5) is 13.1. The van der Waals surface area contributed by atoms with Crippen molar-refractivity contribution >= 4 is 17.7 Å². The fourth-order valence-electron chi connectivity index (χ4n) is 1.77. The first kappa shape index (κ1) is 9.93. The van der Waals surface area contributed by atoms with Gasteiger partial charge < -0.3 is 10.6 Å². The van der Waals surface area contributed by atoms with Gasteiger partial charge >= 0.3 is 0 Å². The summed E-state index contributed by atoms with van der Waals surface area (Å²) in [5, 5.41) is 0. The molecule has 0 atom stereocenters. The second-order valence-electron chi connectivity index (χ2n) is 3.66. The van der Waals surface area contributed by atoms with Crippen molar-refractivity contribution in [3.8, 4) is 0 Å². The molecule has 1 amide bonds. The number of benzene rings is 1. The van der Waals surface area contributed by atoms with Crippen LogP contribution in [0.5, 0.6) is 0 Å². The average molecular weight is 202 g/mol. The van der Waals surface area contributed by atoms with Crippen molar-refractivity contribution in [3.05, 3.63) is 35.4 Å². The molecule has 0 spiro atoms. The fraction of sp³-hybridized carbons (Fsp3) is 0.250. The molecule has 0 fully saturated rings. The molecule has 1 aromatic carbocycles. The Bertz CT molecular complexity index is 424. The first-order chi connectivity index (χ1) is 7.22. The smallest absolute Gasteiger partial charge is 0.231 e. The number of carbonyl (C=O) groups excluding carboxylic acids is 1. The Kier molecular flexibility index (Phi) is 2.56. The Balaban J connectivity index is 2.35. The lowest BCUT2D eigenvalue weighted by Gasteiger charge is -2.10. The van der Waals surface area contributed by atoms with Gasteiger partial charge in [-0.15, -0.1) is 0 Å². The van der Waals surface area contributed by atoms with E-state index in [1.165, 1.54) is 0 Å². The van der Waals surface area contributed by atoms with Crippen molar-refractivity contribution < 1.29 is 4.79 Å². The zero-order chi connectivity index (χ0) is 10.8. The molecule has 78 valence electrons. The predicted octanol–water partition coefficient (Wildman–Crippen LogP) is 1.18. The van der Waals surface area contributed by atoms with Crippen LogP contribution in [-0.2, 0) is 11.2 Å². The van der Waals surface area contributed by atoms with Gasteiger partial charge in [0.15, 0.2) is 0 Å². The van der Waals surface area contributed by atoms with Gasteiger partial charge in [-0.1, -0.05) is 24.3 Å². The molecule has 0 aromatic heterocycles. The summed E-state index contributed by atoms with van der Waals surface area (Å²) >= 11 is 0. The van der Waals surface area contributed by atoms with Gasteiger partial charge in [-0.2, -0.15) is 0 Å². The topological polar surface area (TPSA) is 46.3 Å². The van der Waals surface area contributed by atoms with Crippen LogP contribution in [-0.4, -0.2) is 19.5 Å². The third-order valence-electron chi connectivity index (χ3n) is 2.63. The molecule has 1 heterocycles. The lowest BCUT2D eigenvalue weighted by molar-refractivity contribution is -0.117. The molecule has 0 unspecified atom stereocenters. The predicted molar refractivity (Wildman–Crippen MR) is 61.6 cm³/mol. The van der Waals surface area contributed by atoms with Crippen molar-refractivity contribution in [3.63, 3.8) is 0 Å². The van der Waals surface area contributed by atoms with E-state index in [0.29, 0.717) is 13.0 Å². The van der Waals surface area contributed by atoms with Crippen LogP contribution in [0.4, 0.5) is 5.69 Å². The first-order valence-corrected chi connectivity index (χ1v) is 4.98. The van der Waals surface area contributed by atoms with Gasteiger partial charge in [0, 0.05) is 19.3 Å². The Morgan fingerprint density at radius 1 is 1.53 bits per heavy atom. The minimum Gasteiger partial charge on any atom is -0.327 e. The molecule has 1 aliphatic rings. The highest BCUT2D eigenvalue weighted by molar-refractivity contribution is 6.01. The van der Waals surface area contributed by atoms with Crippen LogP contribution in [0.2, 0.25) is 0 Å². The fourth-order valence-corrected chi connectivity index (χ4v) is 1.77. The highest BCUT2D eigenvalue weighted by atomic mass is 16.2. The van der Waals surface area contributed by atoms with Crippen LogP contribution in [0.1, 0.15) is 11.1 Å². The van der Waals surface area contributed by atoms with E-state index in [1.807, 2.05) is 37.4 Å². The summed E-state index contributed by atoms with van der Waals surface area (Å²) in [6.45, 7) is 0.534. The molecule has 1 aromatic rings. The van der Waals surface area contributed by atoms with Crippen LogP contribution in [0.15, 0.2) is 24.3 Å². The monoisotopic (exact) mass is 202 g/mol. The molecule has 0 bridgehead atoms. The van der Waals surface area contributed by atoms with Gasteiger partial charge in [0.1, 0.15) is 0 Å². The number of likely N-dealkylation sites (N-methyl/N-ethyl adjacent to an activating group) is 1. The lowest BCUT2D eigenvalue weighted by atomic mass is 10.1. The molecule has 0 aliphatic carbocycles. The second kappa shape index (κ2) is 3.87. The van der Waals surface area contributed by atoms with Crippen molar-refractivity contribution in [2.24, 2.45) is 5.73 Å². The Hall–Kier alpha value is -1.61. The third-order valence-corrected chi connectivity index (χ3v) is 2.63. The number of fused-ring (bicyclic) bond motifs is 1. The van der Waals surface area contributed by atoms with Gasteiger partial charge in [-0.25, -0.2) is 0 Å². The van der Waals surface area contributed by atoms with Gasteiger partial charge in [0.25, 0.3) is 0 Å². The summed E-state index contributed by atoms with van der Waals surface area (Å²) in [5.74, 6) is 0.157. The molecular weight excluding hydrogens is 188 g/mol. The SMILES string of the molecule is CN1C(=O)Cc2ccc(/C=C/CN)cc21. The standard InChI is InChI=1S/C12H14N2O/c1-14-11-7-9(3-2-6-13)4-5-10(11)8-12(14)15/h2-5,7H,6,8,13H2,1H3/b3-2+. The van der Waals surface area contributed by atoms with E-state index in [4.69, 9.17) is 5.73 Å². The van der Waals surface area contributed by atoms with E-state index in [2.05, 4.69) is 0 Å². The quantitative estimate of drug-likeness (QED) is 0.782. The molecule has 2 N–H and O–H groups in total. The van der Waals surface area contributed by atoms with Crippen molar-refractivity contribution in [2.45, 2.75) is 6.42 Å². The number of hydrogen-bond acceptors (Lipinski definition) is 2. The molecule has 2 rings (SSSR count). The van der Waals surface area contributed by atoms with E-state index in [9.17, 15) is 4.79 Å². The average Bonchev–Trinajstić information content (AvgIpc) is 2.52. The summed E-state index contributed by atoms with van der Waals surface area (Å²) in [6, 6.07) is 6.04. The van der Waals surface area contributed by atoms with E-state index in [-0.39, 0.29) is 5.91 Å². The molecule has 0 radical (unpaired) electrons. The molecule has 1 aliphatic heterocycles. The maximum Gasteiger partial charge on any atom is 0.231 e. The van der Waals surface area contributed by atoms with Crippen LogP contribution >= 0.6 is 0 Å². The van der Waals surface area contributed by atoms with Crippen molar-refractivity contribution in [1.82, 2.24) is 0 Å². The lowest BCUT2D eigenvalue weighted by Crippen LogP contribution is -2.20. The van der Waals surface area contributed by atoms with Crippen LogP contribution < -0.4 is 10.6 Å². The molecule has 3 nitrogen and oxygen atoms in total. The summed E-state index contributed by atoms with van der Waals surface area (Å²) < 4.78 is 0. The summed E-state index contributed by atoms with van der Waals surface area (Å²) in [7, 11) is 1.81. The number of nitrogens with two attached hydrogens (primary N) is 1. The van der Waals surface area contributed by atoms with Crippen molar-refractivity contribution in [1.29, 1.82) is 0 Å². The second-order valence-corrected chi connectivity index (χ2v) is 3.66. The molecule has 15 heavy (non-hydrogen) atoms. The Morgan fingerprint density at radius 3 is 3.07 bits per heavy atom. The zero-order valence-electron chi connectivity index (χ0n) is 8.73. The normalized spacial score (nSPS) is 15.1. The molecule has 3 heteroatoms. The van der Waals surface area contributed by atoms with E-state index >= 15 is 0 Å². The summed E-state index contributed by atoms with van der Waals surface area (Å²) in [5.41, 5.74) is 8.59. The first-order valence-electron chi connectivity index (χ1n) is 4.98. The Labute approximate surface area is 89.2 Å². The van der Waals surface area contributed by atoms with Crippen molar-refractivity contribution in [2.75, 3.05) is 18.5 Å². The number of amides is 1. The van der Waals surface area contributed by atoms with E-state index < -0.39 is 0 Å². The van der Waals surface area contributed by atoms with Gasteiger partial charge in [0.2, 0.25) is 5.91 Å². The van der Waals surface area contributed by atoms with Crippen LogP contribution in [0.25, 0.3) is 6.08 Å². The number of carbonyl (C=O) groups is 1. The maximum atomic E-state index is 11.4. The highest BCUT2D eigenvalue weighted by Crippen LogP contribution is 2.28. The van der Waals surface area contributed by atoms with E-state index in [1.54, 1.807) is 4.90 Å². The minimum atomic E-state index is 0.157. The van der Waals surface area contributed by atoms with Gasteiger partial charge in [-0.05, 0) is 17.2 Å². The van der Waals surface area contributed by atoms with Gasteiger partial charge in [0.05, 0.1) is 6.42 Å². The maximum absolute atomic E-state index is 11.4. The highest BCUT2D eigenvalue weighted by Gasteiger charge is 2.23.